The number of carbonyl (C=O) groups excluding carboxylic acids is 1. The largest absolute Gasteiger partial charge is 0.573 e. The van der Waals surface area contributed by atoms with Crippen LogP contribution in [0.15, 0.2) is 72.8 Å². The summed E-state index contributed by atoms with van der Waals surface area (Å²) in [6.45, 7) is 2.43. The maximum Gasteiger partial charge on any atom is 0.573 e. The summed E-state index contributed by atoms with van der Waals surface area (Å²) in [4.78, 5) is 16.0. The molecule has 38 heavy (non-hydrogen) atoms. The molecule has 0 radical (unpaired) electrons. The Morgan fingerprint density at radius 1 is 0.895 bits per heavy atom. The maximum atomic E-state index is 14.3. The molecule has 0 fully saturated rings. The number of methoxy groups -OCH3 is 1. The van der Waals surface area contributed by atoms with Gasteiger partial charge in [0.15, 0.2) is 0 Å². The number of alkyl halides is 3. The molecule has 8 heteroatoms. The monoisotopic (exact) mass is 526 g/mol. The Hall–Kier alpha value is -3.68. The molecule has 0 saturated carbocycles. The minimum Gasteiger partial charge on any atom is -0.497 e. The molecule has 0 unspecified atom stereocenters. The first-order valence-electron chi connectivity index (χ1n) is 12.9. The molecule has 1 aliphatic heterocycles. The third-order valence-electron chi connectivity index (χ3n) is 6.85. The van der Waals surface area contributed by atoms with Crippen LogP contribution in [0, 0.1) is 0 Å². The molecule has 0 aromatic heterocycles. The average molecular weight is 527 g/mol. The first-order valence-corrected chi connectivity index (χ1v) is 12.9. The number of ether oxygens (including phenoxy) is 2. The van der Waals surface area contributed by atoms with Crippen LogP contribution >= 0.6 is 0 Å². The van der Waals surface area contributed by atoms with Crippen LogP contribution in [0.2, 0.25) is 0 Å². The lowest BCUT2D eigenvalue weighted by molar-refractivity contribution is -0.274. The van der Waals surface area contributed by atoms with E-state index in [4.69, 9.17) is 4.74 Å². The minimum atomic E-state index is -4.84. The molecule has 3 aromatic carbocycles. The molecule has 0 saturated heterocycles. The predicted molar refractivity (Wildman–Crippen MR) is 142 cm³/mol. The number of fused-ring (bicyclic) bond motifs is 1. The van der Waals surface area contributed by atoms with Crippen molar-refractivity contribution in [2.24, 2.45) is 0 Å². The summed E-state index contributed by atoms with van der Waals surface area (Å²) in [7, 11) is 1.57. The van der Waals surface area contributed by atoms with E-state index in [1.54, 1.807) is 42.3 Å². The molecule has 0 bridgehead atoms. The number of rotatable bonds is 12. The number of benzene rings is 3. The number of amides is 1. The van der Waals surface area contributed by atoms with Gasteiger partial charge in [0.1, 0.15) is 17.0 Å². The maximum absolute atomic E-state index is 14.3. The number of nitrogens with one attached hydrogen (secondary N) is 1. The van der Waals surface area contributed by atoms with Gasteiger partial charge >= 0.3 is 6.36 Å². The van der Waals surface area contributed by atoms with Gasteiger partial charge in [-0.25, -0.2) is 0 Å². The smallest absolute Gasteiger partial charge is 0.497 e. The van der Waals surface area contributed by atoms with E-state index in [0.717, 1.165) is 37.7 Å². The van der Waals surface area contributed by atoms with E-state index in [1.807, 2.05) is 30.3 Å². The van der Waals surface area contributed by atoms with Gasteiger partial charge in [0.05, 0.1) is 19.3 Å². The van der Waals surface area contributed by atoms with E-state index in [0.29, 0.717) is 35.7 Å². The summed E-state index contributed by atoms with van der Waals surface area (Å²) in [6, 6.07) is 20.9. The van der Waals surface area contributed by atoms with Crippen molar-refractivity contribution in [1.29, 1.82) is 0 Å². The summed E-state index contributed by atoms with van der Waals surface area (Å²) < 4.78 is 49.0. The van der Waals surface area contributed by atoms with Crippen molar-refractivity contribution in [1.82, 2.24) is 0 Å². The second-order valence-electron chi connectivity index (χ2n) is 9.53. The lowest BCUT2D eigenvalue weighted by Gasteiger charge is -2.31. The topological polar surface area (TPSA) is 50.8 Å². The SMILES string of the molecule is CCCCCCC[C@@]1(Nc2ccc(OC)cc2)C(=O)N(Cc2ccccc2)c2ccc(OC(F)(F)F)cc21. The number of unbranched alkanes of at least 4 members (excludes halogenated alkanes) is 4. The summed E-state index contributed by atoms with van der Waals surface area (Å²) in [5.74, 6) is 0.109. The molecular weight excluding hydrogens is 493 g/mol. The van der Waals surface area contributed by atoms with Crippen molar-refractivity contribution in [2.45, 2.75) is 63.9 Å². The van der Waals surface area contributed by atoms with Gasteiger partial charge in [-0.3, -0.25) is 4.79 Å². The van der Waals surface area contributed by atoms with Gasteiger partial charge in [-0.05, 0) is 54.4 Å². The molecule has 1 aliphatic rings. The highest BCUT2D eigenvalue weighted by atomic mass is 19.4. The molecule has 1 heterocycles. The number of hydrogen-bond donors (Lipinski definition) is 1. The molecule has 4 rings (SSSR count). The zero-order valence-corrected chi connectivity index (χ0v) is 21.7. The van der Waals surface area contributed by atoms with Crippen molar-refractivity contribution >= 4 is 17.3 Å². The average Bonchev–Trinajstić information content (AvgIpc) is 3.11. The van der Waals surface area contributed by atoms with E-state index >= 15 is 0 Å². The molecule has 1 amide bonds. The zero-order chi connectivity index (χ0) is 27.2. The molecule has 202 valence electrons. The fourth-order valence-electron chi connectivity index (χ4n) is 5.01. The van der Waals surface area contributed by atoms with Crippen LogP contribution in [-0.2, 0) is 16.9 Å². The van der Waals surface area contributed by atoms with Crippen LogP contribution in [-0.4, -0.2) is 19.4 Å². The number of anilines is 2. The standard InChI is InChI=1S/C30H33F3N2O3/c1-3-4-5-6-10-19-29(34-23-13-15-24(37-2)16-14-23)26-20-25(38-30(31,32)33)17-18-27(26)35(28(29)36)21-22-11-8-7-9-12-22/h7-9,11-18,20,34H,3-6,10,19,21H2,1-2H3/t29-/m0/s1. The highest BCUT2D eigenvalue weighted by Gasteiger charge is 2.51. The Morgan fingerprint density at radius 2 is 1.58 bits per heavy atom. The number of nitrogens with zero attached hydrogens (tertiary/aromatic N) is 1. The number of halogens is 3. The Labute approximate surface area is 221 Å². The molecule has 5 nitrogen and oxygen atoms in total. The van der Waals surface area contributed by atoms with Gasteiger partial charge in [-0.15, -0.1) is 13.2 Å². The second-order valence-corrected chi connectivity index (χ2v) is 9.53. The fraction of sp³-hybridized carbons (Fsp3) is 0.367. The van der Waals surface area contributed by atoms with Crippen LogP contribution in [0.3, 0.4) is 0 Å². The van der Waals surface area contributed by atoms with Gasteiger partial charge in [-0.2, -0.15) is 0 Å². The first-order chi connectivity index (χ1) is 18.3. The lowest BCUT2D eigenvalue weighted by Crippen LogP contribution is -2.46. The van der Waals surface area contributed by atoms with Crippen molar-refractivity contribution in [3.8, 4) is 11.5 Å². The zero-order valence-electron chi connectivity index (χ0n) is 21.7. The summed E-state index contributed by atoms with van der Waals surface area (Å²) in [5.41, 5.74) is 1.39. The molecule has 0 aliphatic carbocycles. The quantitative estimate of drug-likeness (QED) is 0.245. The Balaban J connectivity index is 1.78. The van der Waals surface area contributed by atoms with E-state index in [2.05, 4.69) is 17.0 Å². The second kappa shape index (κ2) is 11.8. The van der Waals surface area contributed by atoms with Crippen molar-refractivity contribution in [2.75, 3.05) is 17.3 Å². The van der Waals surface area contributed by atoms with Crippen LogP contribution in [0.5, 0.6) is 11.5 Å². The normalized spacial score (nSPS) is 16.9. The highest BCUT2D eigenvalue weighted by molar-refractivity contribution is 6.09. The van der Waals surface area contributed by atoms with E-state index < -0.39 is 11.9 Å². The van der Waals surface area contributed by atoms with Crippen LogP contribution in [0.1, 0.15) is 56.6 Å². The Bertz CT molecular complexity index is 1220. The summed E-state index contributed by atoms with van der Waals surface area (Å²) >= 11 is 0. The third-order valence-corrected chi connectivity index (χ3v) is 6.85. The van der Waals surface area contributed by atoms with E-state index in [9.17, 15) is 18.0 Å². The van der Waals surface area contributed by atoms with Crippen molar-refractivity contribution in [3.63, 3.8) is 0 Å². The van der Waals surface area contributed by atoms with Crippen LogP contribution in [0.25, 0.3) is 0 Å². The summed E-state index contributed by atoms with van der Waals surface area (Å²) in [5, 5.41) is 3.42. The van der Waals surface area contributed by atoms with Crippen molar-refractivity contribution in [3.05, 3.63) is 83.9 Å². The first kappa shape index (κ1) is 27.4. The van der Waals surface area contributed by atoms with E-state index in [-0.39, 0.29) is 11.7 Å². The van der Waals surface area contributed by atoms with Gasteiger partial charge in [-0.1, -0.05) is 69.4 Å². The Kier molecular flexibility index (Phi) is 8.49. The summed E-state index contributed by atoms with van der Waals surface area (Å²) in [6.07, 6.45) is 0.439. The number of hydrogen-bond acceptors (Lipinski definition) is 4. The molecular formula is C30H33F3N2O3. The Morgan fingerprint density at radius 3 is 2.24 bits per heavy atom. The third kappa shape index (κ3) is 6.23. The van der Waals surface area contributed by atoms with Gasteiger partial charge in [0, 0.05) is 11.3 Å². The number of carbonyl (C=O) groups is 1. The van der Waals surface area contributed by atoms with Crippen molar-refractivity contribution < 1.29 is 27.4 Å². The highest BCUT2D eigenvalue weighted by Crippen LogP contribution is 2.48. The van der Waals surface area contributed by atoms with Gasteiger partial charge in [0.2, 0.25) is 0 Å². The van der Waals surface area contributed by atoms with Crippen LogP contribution < -0.4 is 19.7 Å². The van der Waals surface area contributed by atoms with E-state index in [1.165, 1.54) is 12.1 Å². The molecule has 1 atom stereocenters. The molecule has 3 aromatic rings. The molecule has 0 spiro atoms. The predicted octanol–water partition coefficient (Wildman–Crippen LogP) is 7.81. The minimum absolute atomic E-state index is 0.202. The van der Waals surface area contributed by atoms with Gasteiger partial charge in [0.25, 0.3) is 5.91 Å². The fourth-order valence-corrected chi connectivity index (χ4v) is 5.01. The lowest BCUT2D eigenvalue weighted by atomic mass is 9.85. The molecule has 1 N–H and O–H groups in total. The van der Waals surface area contributed by atoms with Gasteiger partial charge < -0.3 is 19.7 Å². The van der Waals surface area contributed by atoms with Crippen LogP contribution in [0.4, 0.5) is 24.5 Å².